The molecule has 2 N–H and O–H groups in total. The smallest absolute Gasteiger partial charge is 0.261 e. The zero-order valence-corrected chi connectivity index (χ0v) is 15.6. The number of fused-ring (bicyclic) bond motifs is 1. The summed E-state index contributed by atoms with van der Waals surface area (Å²) in [6.07, 6.45) is 3.61. The van der Waals surface area contributed by atoms with Gasteiger partial charge in [0.2, 0.25) is 0 Å². The highest BCUT2D eigenvalue weighted by Gasteiger charge is 2.39. The van der Waals surface area contributed by atoms with Crippen LogP contribution in [0.4, 0.5) is 0 Å². The summed E-state index contributed by atoms with van der Waals surface area (Å²) in [5, 5.41) is 16.9. The maximum atomic E-state index is 12.8. The number of hydrogen-bond acceptors (Lipinski definition) is 7. The fraction of sp³-hybridized carbons (Fsp3) is 0.474. The average molecular weight is 396 g/mol. The van der Waals surface area contributed by atoms with Crippen LogP contribution in [0.15, 0.2) is 18.2 Å². The van der Waals surface area contributed by atoms with Gasteiger partial charge in [-0.2, -0.15) is 5.21 Å². The number of aromatic nitrogens is 4. The average Bonchev–Trinajstić information content (AvgIpc) is 3.12. The second-order valence-corrected chi connectivity index (χ2v) is 7.67. The van der Waals surface area contributed by atoms with Gasteiger partial charge >= 0.3 is 0 Å². The molecule has 2 atom stereocenters. The van der Waals surface area contributed by atoms with Gasteiger partial charge in [0.05, 0.1) is 29.8 Å². The van der Waals surface area contributed by atoms with E-state index < -0.39 is 0 Å². The summed E-state index contributed by atoms with van der Waals surface area (Å²) < 4.78 is 5.55. The van der Waals surface area contributed by atoms with Crippen LogP contribution in [-0.2, 0) is 4.74 Å². The minimum absolute atomic E-state index is 0.116. The number of carbonyl (C=O) groups is 3. The van der Waals surface area contributed by atoms with Gasteiger partial charge in [0.1, 0.15) is 0 Å². The first kappa shape index (κ1) is 17.9. The van der Waals surface area contributed by atoms with E-state index in [1.165, 1.54) is 11.0 Å². The third-order valence-electron chi connectivity index (χ3n) is 5.66. The lowest BCUT2D eigenvalue weighted by Gasteiger charge is -2.17. The molecule has 0 radical (unpaired) electrons. The molecule has 29 heavy (non-hydrogen) atoms. The van der Waals surface area contributed by atoms with Crippen LogP contribution in [-0.4, -0.2) is 62.5 Å². The summed E-state index contributed by atoms with van der Waals surface area (Å²) in [4.78, 5) is 39.4. The Kier molecular flexibility index (Phi) is 4.35. The molecule has 150 valence electrons. The molecule has 10 heteroatoms. The van der Waals surface area contributed by atoms with Crippen LogP contribution in [0, 0.1) is 5.92 Å². The number of hydrogen-bond donors (Lipinski definition) is 2. The lowest BCUT2D eigenvalue weighted by molar-refractivity contribution is 0.0475. The van der Waals surface area contributed by atoms with Gasteiger partial charge in [-0.15, -0.1) is 10.2 Å². The van der Waals surface area contributed by atoms with Crippen molar-refractivity contribution in [2.75, 3.05) is 13.2 Å². The Hall–Kier alpha value is -3.14. The monoisotopic (exact) mass is 396 g/mol. The third-order valence-corrected chi connectivity index (χ3v) is 5.66. The fourth-order valence-electron chi connectivity index (χ4n) is 3.94. The Morgan fingerprint density at radius 2 is 2.07 bits per heavy atom. The summed E-state index contributed by atoms with van der Waals surface area (Å²) >= 11 is 0. The predicted molar refractivity (Wildman–Crippen MR) is 97.9 cm³/mol. The lowest BCUT2D eigenvalue weighted by atomic mass is 10.0. The topological polar surface area (TPSA) is 130 Å². The van der Waals surface area contributed by atoms with Crippen LogP contribution in [0.25, 0.3) is 0 Å². The minimum Gasteiger partial charge on any atom is -0.376 e. The molecule has 2 aromatic rings. The van der Waals surface area contributed by atoms with Crippen molar-refractivity contribution in [2.45, 2.75) is 37.8 Å². The molecule has 3 aliphatic rings. The second-order valence-electron chi connectivity index (χ2n) is 7.67. The first-order valence-electron chi connectivity index (χ1n) is 9.78. The quantitative estimate of drug-likeness (QED) is 0.693. The zero-order chi connectivity index (χ0) is 20.0. The molecule has 3 amide bonds. The minimum atomic E-state index is -0.382. The summed E-state index contributed by atoms with van der Waals surface area (Å²) in [7, 11) is 0. The van der Waals surface area contributed by atoms with Crippen molar-refractivity contribution in [1.29, 1.82) is 0 Å². The summed E-state index contributed by atoms with van der Waals surface area (Å²) in [5.41, 5.74) is 0.891. The fourth-order valence-corrected chi connectivity index (χ4v) is 3.94. The van der Waals surface area contributed by atoms with Crippen molar-refractivity contribution in [1.82, 2.24) is 30.8 Å². The van der Waals surface area contributed by atoms with Crippen LogP contribution in [0.2, 0.25) is 0 Å². The van der Waals surface area contributed by atoms with Crippen LogP contribution in [0.1, 0.15) is 68.6 Å². The van der Waals surface area contributed by atoms with Crippen molar-refractivity contribution >= 4 is 17.7 Å². The van der Waals surface area contributed by atoms with Crippen molar-refractivity contribution in [3.63, 3.8) is 0 Å². The van der Waals surface area contributed by atoms with Gasteiger partial charge in [0.15, 0.2) is 5.82 Å². The Morgan fingerprint density at radius 3 is 2.76 bits per heavy atom. The predicted octanol–water partition coefficient (Wildman–Crippen LogP) is 0.856. The molecule has 0 bridgehead atoms. The number of tetrazole rings is 1. The third kappa shape index (κ3) is 3.29. The number of amides is 3. The highest BCUT2D eigenvalue weighted by molar-refractivity contribution is 6.22. The maximum absolute atomic E-state index is 12.8. The molecule has 2 unspecified atom stereocenters. The van der Waals surface area contributed by atoms with Crippen molar-refractivity contribution in [3.05, 3.63) is 40.7 Å². The van der Waals surface area contributed by atoms with Crippen molar-refractivity contribution < 1.29 is 19.1 Å². The second kappa shape index (κ2) is 7.03. The van der Waals surface area contributed by atoms with E-state index in [1.807, 2.05) is 0 Å². The Bertz CT molecular complexity index is 965. The van der Waals surface area contributed by atoms with E-state index in [1.54, 1.807) is 12.1 Å². The summed E-state index contributed by atoms with van der Waals surface area (Å²) in [5.74, 6) is -0.346. The normalized spacial score (nSPS) is 22.1. The number of rotatable bonds is 6. The van der Waals surface area contributed by atoms with Gasteiger partial charge in [-0.05, 0) is 49.8 Å². The Morgan fingerprint density at radius 1 is 1.24 bits per heavy atom. The largest absolute Gasteiger partial charge is 0.376 e. The van der Waals surface area contributed by atoms with Gasteiger partial charge in [0, 0.05) is 12.2 Å². The SMILES string of the molecule is O=C(NC(c1nn[nH]n1)C1CC1)c1ccc2c(c1)C(=O)N(CC1CCCO1)C2=O. The van der Waals surface area contributed by atoms with Gasteiger partial charge in [-0.1, -0.05) is 5.21 Å². The zero-order valence-electron chi connectivity index (χ0n) is 15.6. The molecule has 0 spiro atoms. The molecule has 1 saturated heterocycles. The highest BCUT2D eigenvalue weighted by Crippen LogP contribution is 2.39. The Labute approximate surface area is 166 Å². The molecule has 2 fully saturated rings. The number of ether oxygens (including phenoxy) is 1. The van der Waals surface area contributed by atoms with Gasteiger partial charge < -0.3 is 10.1 Å². The van der Waals surface area contributed by atoms with E-state index in [0.29, 0.717) is 23.6 Å². The molecule has 10 nitrogen and oxygen atoms in total. The Balaban J connectivity index is 1.34. The summed E-state index contributed by atoms with van der Waals surface area (Å²) in [6, 6.07) is 4.26. The van der Waals surface area contributed by atoms with Crippen LogP contribution in [0.3, 0.4) is 0 Å². The van der Waals surface area contributed by atoms with E-state index in [4.69, 9.17) is 4.74 Å². The lowest BCUT2D eigenvalue weighted by Crippen LogP contribution is -2.36. The highest BCUT2D eigenvalue weighted by atomic mass is 16.5. The van der Waals surface area contributed by atoms with Crippen LogP contribution < -0.4 is 5.32 Å². The van der Waals surface area contributed by atoms with Crippen molar-refractivity contribution in [2.24, 2.45) is 5.92 Å². The molecule has 3 heterocycles. The van der Waals surface area contributed by atoms with Gasteiger partial charge in [-0.25, -0.2) is 0 Å². The van der Waals surface area contributed by atoms with Gasteiger partial charge in [0.25, 0.3) is 17.7 Å². The molecule has 2 aliphatic heterocycles. The standard InChI is InChI=1S/C19H20N6O4/c26-17(20-15(10-3-4-10)16-21-23-24-22-16)11-5-6-13-14(8-11)19(28)25(18(13)27)9-12-2-1-7-29-12/h5-6,8,10,12,15H,1-4,7,9H2,(H,20,26)(H,21,22,23,24). The molecule has 1 aliphatic carbocycles. The molecular weight excluding hydrogens is 376 g/mol. The molecular formula is C19H20N6O4. The van der Waals surface area contributed by atoms with Crippen molar-refractivity contribution in [3.8, 4) is 0 Å². The van der Waals surface area contributed by atoms with E-state index in [2.05, 4.69) is 25.9 Å². The number of carbonyl (C=O) groups excluding carboxylic acids is 3. The number of nitrogens with one attached hydrogen (secondary N) is 2. The van der Waals surface area contributed by atoms with E-state index in [-0.39, 0.29) is 47.9 Å². The first-order chi connectivity index (χ1) is 14.1. The van der Waals surface area contributed by atoms with E-state index in [9.17, 15) is 14.4 Å². The molecule has 1 saturated carbocycles. The molecule has 1 aromatic heterocycles. The number of imide groups is 1. The number of H-pyrrole nitrogens is 1. The number of nitrogens with zero attached hydrogens (tertiary/aromatic N) is 4. The molecule has 1 aromatic carbocycles. The van der Waals surface area contributed by atoms with Gasteiger partial charge in [-0.3, -0.25) is 19.3 Å². The van der Waals surface area contributed by atoms with Crippen LogP contribution >= 0.6 is 0 Å². The maximum Gasteiger partial charge on any atom is 0.261 e. The summed E-state index contributed by atoms with van der Waals surface area (Å²) in [6.45, 7) is 0.899. The first-order valence-corrected chi connectivity index (χ1v) is 9.78. The van der Waals surface area contributed by atoms with Crippen LogP contribution in [0.5, 0.6) is 0 Å². The molecule has 5 rings (SSSR count). The van der Waals surface area contributed by atoms with E-state index >= 15 is 0 Å². The number of benzene rings is 1. The van der Waals surface area contributed by atoms with E-state index in [0.717, 1.165) is 25.7 Å². The number of aromatic amines is 1.